The normalized spacial score (nSPS) is 15.1. The molecule has 1 aromatic heterocycles. The lowest BCUT2D eigenvalue weighted by molar-refractivity contribution is -0.130. The van der Waals surface area contributed by atoms with Crippen LogP contribution in [0, 0.1) is 36.1 Å². The van der Waals surface area contributed by atoms with Gasteiger partial charge in [-0.1, -0.05) is 6.07 Å². The van der Waals surface area contributed by atoms with Crippen LogP contribution in [0.4, 0.5) is 22.4 Å². The van der Waals surface area contributed by atoms with Crippen molar-refractivity contribution in [3.05, 3.63) is 59.4 Å². The SMILES string of the molecule is CC(C)(C)OC(=O)NCC(=O)NC(CC1CCNC1=O)C(=O)COc1c(F)c(F)cc(F)c1F.Cc1ccccn1. The number of nitrogens with zero attached hydrogens (tertiary/aromatic N) is 1. The van der Waals surface area contributed by atoms with Crippen molar-refractivity contribution >= 4 is 23.7 Å². The number of hydrogen-bond donors (Lipinski definition) is 3. The van der Waals surface area contributed by atoms with E-state index in [9.17, 15) is 36.7 Å². The van der Waals surface area contributed by atoms with Crippen LogP contribution in [0.1, 0.15) is 39.3 Å². The minimum atomic E-state index is -1.83. The Hall–Kier alpha value is -4.23. The minimum absolute atomic E-state index is 0.0151. The fraction of sp³-hybridized carbons (Fsp3) is 0.444. The lowest BCUT2D eigenvalue weighted by Crippen LogP contribution is -2.48. The summed E-state index contributed by atoms with van der Waals surface area (Å²) >= 11 is 0. The van der Waals surface area contributed by atoms with Gasteiger partial charge in [0.15, 0.2) is 23.2 Å². The van der Waals surface area contributed by atoms with Gasteiger partial charge < -0.3 is 25.4 Å². The Labute approximate surface area is 234 Å². The number of carbonyl (C=O) groups is 4. The van der Waals surface area contributed by atoms with Crippen LogP contribution in [-0.2, 0) is 19.1 Å². The second-order valence-electron chi connectivity index (χ2n) is 10.0. The molecule has 2 unspecified atom stereocenters. The van der Waals surface area contributed by atoms with Crippen molar-refractivity contribution in [2.24, 2.45) is 5.92 Å². The van der Waals surface area contributed by atoms with Crippen LogP contribution in [0.25, 0.3) is 0 Å². The standard InChI is InChI=1S/C21H25F4N3O6.C6H7N/c1-21(2,3)34-20(32)27-8-15(30)28-13(6-10-4-5-26-19(10)31)14(29)9-33-18-16(24)11(22)7-12(23)17(18)25;1-6-4-2-3-5-7-6/h7,10,13H,4-6,8-9H2,1-3H3,(H,26,31)(H,27,32)(H,28,30);2-5H,1H3. The molecule has 1 saturated heterocycles. The van der Waals surface area contributed by atoms with Gasteiger partial charge in [-0.15, -0.1) is 0 Å². The third kappa shape index (κ3) is 11.0. The van der Waals surface area contributed by atoms with Gasteiger partial charge in [0.1, 0.15) is 18.8 Å². The number of halogens is 4. The summed E-state index contributed by atoms with van der Waals surface area (Å²) in [6.07, 6.45) is 1.10. The van der Waals surface area contributed by atoms with Gasteiger partial charge in [0.05, 0.1) is 6.04 Å². The topological polar surface area (TPSA) is 136 Å². The summed E-state index contributed by atoms with van der Waals surface area (Å²) in [6.45, 7) is 5.54. The van der Waals surface area contributed by atoms with Crippen LogP contribution < -0.4 is 20.7 Å². The highest BCUT2D eigenvalue weighted by atomic mass is 19.2. The van der Waals surface area contributed by atoms with Gasteiger partial charge in [-0.2, -0.15) is 8.78 Å². The third-order valence-electron chi connectivity index (χ3n) is 5.44. The molecule has 0 spiro atoms. The van der Waals surface area contributed by atoms with Crippen LogP contribution in [-0.4, -0.2) is 60.0 Å². The summed E-state index contributed by atoms with van der Waals surface area (Å²) in [5.74, 6) is -11.3. The molecule has 1 aliphatic rings. The van der Waals surface area contributed by atoms with E-state index < -0.39 is 77.5 Å². The zero-order valence-electron chi connectivity index (χ0n) is 23.0. The quantitative estimate of drug-likeness (QED) is 0.305. The molecule has 41 heavy (non-hydrogen) atoms. The van der Waals surface area contributed by atoms with E-state index in [1.54, 1.807) is 27.0 Å². The van der Waals surface area contributed by atoms with Crippen LogP contribution in [0.2, 0.25) is 0 Å². The Balaban J connectivity index is 0.000000729. The summed E-state index contributed by atoms with van der Waals surface area (Å²) in [6, 6.07) is 4.49. The molecule has 0 radical (unpaired) electrons. The van der Waals surface area contributed by atoms with E-state index in [1.807, 2.05) is 25.1 Å². The number of nitrogens with one attached hydrogen (secondary N) is 3. The maximum absolute atomic E-state index is 13.8. The summed E-state index contributed by atoms with van der Waals surface area (Å²) in [5, 5.41) is 7.07. The molecular formula is C27H32F4N4O6. The second kappa shape index (κ2) is 15.0. The van der Waals surface area contributed by atoms with Crippen molar-refractivity contribution in [1.82, 2.24) is 20.9 Å². The fourth-order valence-electron chi connectivity index (χ4n) is 3.51. The number of Topliss-reactive ketones (excluding diaryl/α,β-unsaturated/α-hetero) is 1. The van der Waals surface area contributed by atoms with Gasteiger partial charge in [0.2, 0.25) is 23.4 Å². The first-order chi connectivity index (χ1) is 19.2. The number of carbonyl (C=O) groups excluding carboxylic acids is 4. The molecular weight excluding hydrogens is 552 g/mol. The smallest absolute Gasteiger partial charge is 0.408 e. The Morgan fingerprint density at radius 3 is 2.27 bits per heavy atom. The number of aryl methyl sites for hydroxylation is 1. The van der Waals surface area contributed by atoms with Gasteiger partial charge in [-0.25, -0.2) is 13.6 Å². The molecule has 0 aliphatic carbocycles. The Morgan fingerprint density at radius 2 is 1.78 bits per heavy atom. The molecule has 14 heteroatoms. The first kappa shape index (κ1) is 33.0. The summed E-state index contributed by atoms with van der Waals surface area (Å²) in [5.41, 5.74) is 0.259. The van der Waals surface area contributed by atoms with E-state index >= 15 is 0 Å². The van der Waals surface area contributed by atoms with Gasteiger partial charge >= 0.3 is 6.09 Å². The van der Waals surface area contributed by atoms with Gasteiger partial charge in [-0.3, -0.25) is 19.4 Å². The predicted octanol–water partition coefficient (Wildman–Crippen LogP) is 3.12. The van der Waals surface area contributed by atoms with Crippen molar-refractivity contribution in [1.29, 1.82) is 0 Å². The maximum atomic E-state index is 13.8. The zero-order chi connectivity index (χ0) is 30.7. The monoisotopic (exact) mass is 584 g/mol. The summed E-state index contributed by atoms with van der Waals surface area (Å²) < 4.78 is 63.9. The molecule has 2 heterocycles. The van der Waals surface area contributed by atoms with E-state index in [1.165, 1.54) is 0 Å². The average Bonchev–Trinajstić information content (AvgIpc) is 3.29. The first-order valence-corrected chi connectivity index (χ1v) is 12.6. The number of aromatic nitrogens is 1. The van der Waals surface area contributed by atoms with E-state index in [0.29, 0.717) is 13.0 Å². The van der Waals surface area contributed by atoms with Crippen LogP contribution >= 0.6 is 0 Å². The molecule has 0 saturated carbocycles. The highest BCUT2D eigenvalue weighted by molar-refractivity contribution is 5.92. The van der Waals surface area contributed by atoms with Gasteiger partial charge in [-0.05, 0) is 52.7 Å². The fourth-order valence-corrected chi connectivity index (χ4v) is 3.51. The molecule has 2 aromatic rings. The largest absolute Gasteiger partial charge is 0.479 e. The molecule has 3 rings (SSSR count). The number of ether oxygens (including phenoxy) is 2. The second-order valence-corrected chi connectivity index (χ2v) is 10.0. The molecule has 1 aromatic carbocycles. The number of hydrogen-bond acceptors (Lipinski definition) is 7. The zero-order valence-corrected chi connectivity index (χ0v) is 23.0. The Kier molecular flexibility index (Phi) is 12.0. The predicted molar refractivity (Wildman–Crippen MR) is 138 cm³/mol. The van der Waals surface area contributed by atoms with Crippen molar-refractivity contribution in [3.8, 4) is 5.75 Å². The molecule has 2 atom stereocenters. The van der Waals surface area contributed by atoms with Crippen molar-refractivity contribution in [2.45, 2.75) is 52.2 Å². The highest BCUT2D eigenvalue weighted by Gasteiger charge is 2.32. The van der Waals surface area contributed by atoms with Crippen LogP contribution in [0.3, 0.4) is 0 Å². The van der Waals surface area contributed by atoms with E-state index in [2.05, 4.69) is 25.7 Å². The lowest BCUT2D eigenvalue weighted by atomic mass is 9.96. The lowest BCUT2D eigenvalue weighted by Gasteiger charge is -2.22. The molecule has 1 aliphatic heterocycles. The first-order valence-electron chi connectivity index (χ1n) is 12.6. The molecule has 3 amide bonds. The molecule has 224 valence electrons. The van der Waals surface area contributed by atoms with Crippen molar-refractivity contribution < 1.29 is 46.2 Å². The van der Waals surface area contributed by atoms with Crippen molar-refractivity contribution in [3.63, 3.8) is 0 Å². The number of pyridine rings is 1. The summed E-state index contributed by atoms with van der Waals surface area (Å²) in [7, 11) is 0. The summed E-state index contributed by atoms with van der Waals surface area (Å²) in [4.78, 5) is 52.5. The van der Waals surface area contributed by atoms with E-state index in [-0.39, 0.29) is 18.4 Å². The number of alkyl carbamates (subject to hydrolysis) is 1. The Bertz CT molecular complexity index is 1210. The number of rotatable bonds is 9. The van der Waals surface area contributed by atoms with Crippen LogP contribution in [0.15, 0.2) is 30.5 Å². The molecule has 1 fully saturated rings. The third-order valence-corrected chi connectivity index (χ3v) is 5.44. The highest BCUT2D eigenvalue weighted by Crippen LogP contribution is 2.26. The Morgan fingerprint density at radius 1 is 1.12 bits per heavy atom. The van der Waals surface area contributed by atoms with Gasteiger partial charge in [0, 0.05) is 30.4 Å². The average molecular weight is 585 g/mol. The molecule has 0 bridgehead atoms. The van der Waals surface area contributed by atoms with Gasteiger partial charge in [0.25, 0.3) is 0 Å². The minimum Gasteiger partial charge on any atom is -0.479 e. The van der Waals surface area contributed by atoms with Crippen LogP contribution in [0.5, 0.6) is 5.75 Å². The number of benzene rings is 1. The maximum Gasteiger partial charge on any atom is 0.408 e. The van der Waals surface area contributed by atoms with E-state index in [0.717, 1.165) is 5.69 Å². The number of ketones is 1. The number of amides is 3. The van der Waals surface area contributed by atoms with Crippen molar-refractivity contribution in [2.75, 3.05) is 19.7 Å². The van der Waals surface area contributed by atoms with E-state index in [4.69, 9.17) is 4.74 Å². The molecule has 10 nitrogen and oxygen atoms in total. The molecule has 3 N–H and O–H groups in total.